The Morgan fingerprint density at radius 1 is 0.966 bits per heavy atom. The van der Waals surface area contributed by atoms with Gasteiger partial charge in [-0.25, -0.2) is 4.79 Å². The first-order chi connectivity index (χ1) is 14.1. The van der Waals surface area contributed by atoms with Gasteiger partial charge in [0.25, 0.3) is 0 Å². The van der Waals surface area contributed by atoms with Gasteiger partial charge in [-0.2, -0.15) is 0 Å². The van der Waals surface area contributed by atoms with E-state index in [4.69, 9.17) is 4.74 Å². The molecular weight excluding hydrogens is 366 g/mol. The second-order valence-electron chi connectivity index (χ2n) is 8.26. The van der Waals surface area contributed by atoms with Crippen LogP contribution in [0.2, 0.25) is 0 Å². The van der Waals surface area contributed by atoms with Crippen LogP contribution in [0.1, 0.15) is 48.5 Å². The topological polar surface area (TPSA) is 53.1 Å². The molecule has 0 aliphatic carbocycles. The number of rotatable bonds is 7. The maximum atomic E-state index is 12.5. The Morgan fingerprint density at radius 3 is 2.21 bits per heavy atom. The number of piperidine rings is 1. The number of hydrogen-bond donors (Lipinski definition) is 0. The normalized spacial score (nSPS) is 19.3. The Bertz CT molecular complexity index is 660. The molecular formula is C23H35N3O3. The van der Waals surface area contributed by atoms with Gasteiger partial charge in [0.15, 0.2) is 0 Å². The summed E-state index contributed by atoms with van der Waals surface area (Å²) in [7, 11) is 1.40. The van der Waals surface area contributed by atoms with Crippen LogP contribution in [0.3, 0.4) is 0 Å². The van der Waals surface area contributed by atoms with Crippen LogP contribution >= 0.6 is 0 Å². The van der Waals surface area contributed by atoms with Crippen molar-refractivity contribution in [2.24, 2.45) is 5.92 Å². The molecule has 29 heavy (non-hydrogen) atoms. The van der Waals surface area contributed by atoms with E-state index in [1.807, 2.05) is 24.3 Å². The van der Waals surface area contributed by atoms with E-state index < -0.39 is 0 Å². The first-order valence-electron chi connectivity index (χ1n) is 11.0. The van der Waals surface area contributed by atoms with Crippen molar-refractivity contribution < 1.29 is 14.3 Å². The molecule has 0 bridgehead atoms. The van der Waals surface area contributed by atoms with Crippen molar-refractivity contribution in [3.63, 3.8) is 0 Å². The predicted octanol–water partition coefficient (Wildman–Crippen LogP) is 2.63. The number of carbonyl (C=O) groups excluding carboxylic acids is 2. The average Bonchev–Trinajstić information content (AvgIpc) is 2.78. The quantitative estimate of drug-likeness (QED) is 0.658. The van der Waals surface area contributed by atoms with Crippen molar-refractivity contribution in [1.82, 2.24) is 14.7 Å². The smallest absolute Gasteiger partial charge is 0.337 e. The lowest BCUT2D eigenvalue weighted by atomic mass is 9.91. The maximum absolute atomic E-state index is 12.5. The number of carbonyl (C=O) groups is 2. The Labute approximate surface area is 174 Å². The van der Waals surface area contributed by atoms with Crippen LogP contribution in [0, 0.1) is 5.92 Å². The molecule has 160 valence electrons. The van der Waals surface area contributed by atoms with E-state index in [0.29, 0.717) is 23.8 Å². The Balaban J connectivity index is 1.35. The highest BCUT2D eigenvalue weighted by atomic mass is 16.5. The lowest BCUT2D eigenvalue weighted by Crippen LogP contribution is -2.48. The van der Waals surface area contributed by atoms with Gasteiger partial charge in [0, 0.05) is 39.1 Å². The van der Waals surface area contributed by atoms with Crippen LogP contribution in [-0.2, 0) is 16.1 Å². The van der Waals surface area contributed by atoms with E-state index in [9.17, 15) is 9.59 Å². The summed E-state index contributed by atoms with van der Waals surface area (Å²) in [5.74, 6) is 0.710. The molecule has 6 nitrogen and oxygen atoms in total. The van der Waals surface area contributed by atoms with E-state index in [2.05, 4.69) is 21.6 Å². The minimum absolute atomic E-state index is 0.292. The molecule has 1 aromatic rings. The van der Waals surface area contributed by atoms with Crippen molar-refractivity contribution in [2.75, 3.05) is 52.9 Å². The van der Waals surface area contributed by atoms with Gasteiger partial charge in [0.05, 0.1) is 12.7 Å². The summed E-state index contributed by atoms with van der Waals surface area (Å²) in [4.78, 5) is 31.0. The lowest BCUT2D eigenvalue weighted by Gasteiger charge is -2.35. The molecule has 1 aromatic carbocycles. The lowest BCUT2D eigenvalue weighted by molar-refractivity contribution is -0.133. The van der Waals surface area contributed by atoms with Gasteiger partial charge in [-0.3, -0.25) is 9.69 Å². The van der Waals surface area contributed by atoms with Crippen molar-refractivity contribution in [2.45, 2.75) is 39.2 Å². The number of methoxy groups -OCH3 is 1. The first kappa shape index (κ1) is 21.8. The minimum Gasteiger partial charge on any atom is -0.465 e. The molecule has 2 aliphatic heterocycles. The third kappa shape index (κ3) is 6.28. The highest BCUT2D eigenvalue weighted by Crippen LogP contribution is 2.24. The van der Waals surface area contributed by atoms with Crippen LogP contribution in [0.5, 0.6) is 0 Å². The highest BCUT2D eigenvalue weighted by molar-refractivity contribution is 5.89. The molecule has 0 spiro atoms. The zero-order valence-electron chi connectivity index (χ0n) is 17.9. The van der Waals surface area contributed by atoms with Crippen LogP contribution in [0.4, 0.5) is 0 Å². The van der Waals surface area contributed by atoms with Crippen LogP contribution in [-0.4, -0.2) is 79.5 Å². The molecule has 0 saturated carbocycles. The fraction of sp³-hybridized carbons (Fsp3) is 0.652. The summed E-state index contributed by atoms with van der Waals surface area (Å²) in [6.07, 6.45) is 4.05. The molecule has 3 rings (SSSR count). The molecule has 2 fully saturated rings. The second-order valence-corrected chi connectivity index (χ2v) is 8.26. The SMILES string of the molecule is CCN1CCN(C(=O)CCC2CCN(Cc3ccc(C(=O)OC)cc3)CC2)CC1. The van der Waals surface area contributed by atoms with Gasteiger partial charge in [0.2, 0.25) is 5.91 Å². The molecule has 1 amide bonds. The third-order valence-electron chi connectivity index (χ3n) is 6.43. The van der Waals surface area contributed by atoms with Crippen molar-refractivity contribution in [1.29, 1.82) is 0 Å². The van der Waals surface area contributed by atoms with Gasteiger partial charge in [-0.1, -0.05) is 19.1 Å². The van der Waals surface area contributed by atoms with E-state index in [-0.39, 0.29) is 5.97 Å². The Morgan fingerprint density at radius 2 is 1.62 bits per heavy atom. The molecule has 0 radical (unpaired) electrons. The van der Waals surface area contributed by atoms with Crippen molar-refractivity contribution in [3.05, 3.63) is 35.4 Å². The van der Waals surface area contributed by atoms with Gasteiger partial charge in [0.1, 0.15) is 0 Å². The number of piperazine rings is 1. The second kappa shape index (κ2) is 10.7. The van der Waals surface area contributed by atoms with E-state index in [0.717, 1.165) is 71.6 Å². The fourth-order valence-corrected chi connectivity index (χ4v) is 4.35. The molecule has 0 N–H and O–H groups in total. The Hall–Kier alpha value is -1.92. The van der Waals surface area contributed by atoms with Crippen molar-refractivity contribution >= 4 is 11.9 Å². The maximum Gasteiger partial charge on any atom is 0.337 e. The summed E-state index contributed by atoms with van der Waals surface area (Å²) in [6, 6.07) is 7.68. The zero-order chi connectivity index (χ0) is 20.6. The average molecular weight is 402 g/mol. The van der Waals surface area contributed by atoms with Crippen LogP contribution in [0.15, 0.2) is 24.3 Å². The number of amides is 1. The molecule has 2 saturated heterocycles. The standard InChI is InChI=1S/C23H35N3O3/c1-3-24-14-16-26(17-15-24)22(27)9-6-19-10-12-25(13-11-19)18-20-4-7-21(8-5-20)23(28)29-2/h4-5,7-8,19H,3,6,9-18H2,1-2H3. The van der Waals surface area contributed by atoms with Gasteiger partial charge in [-0.05, 0) is 62.5 Å². The van der Waals surface area contributed by atoms with E-state index in [1.54, 1.807) is 0 Å². The summed E-state index contributed by atoms with van der Waals surface area (Å²) in [5, 5.41) is 0. The van der Waals surface area contributed by atoms with Crippen molar-refractivity contribution in [3.8, 4) is 0 Å². The summed E-state index contributed by atoms with van der Waals surface area (Å²) >= 11 is 0. The third-order valence-corrected chi connectivity index (χ3v) is 6.43. The molecule has 0 atom stereocenters. The van der Waals surface area contributed by atoms with E-state index in [1.165, 1.54) is 12.7 Å². The molecule has 0 unspecified atom stereocenters. The fourth-order valence-electron chi connectivity index (χ4n) is 4.35. The van der Waals surface area contributed by atoms with Gasteiger partial charge in [-0.15, -0.1) is 0 Å². The highest BCUT2D eigenvalue weighted by Gasteiger charge is 2.23. The van der Waals surface area contributed by atoms with Gasteiger partial charge < -0.3 is 14.5 Å². The van der Waals surface area contributed by atoms with Crippen LogP contribution < -0.4 is 0 Å². The number of hydrogen-bond acceptors (Lipinski definition) is 5. The molecule has 2 aliphatic rings. The Kier molecular flexibility index (Phi) is 8.07. The number of likely N-dealkylation sites (N-methyl/N-ethyl adjacent to an activating group) is 1. The number of benzene rings is 1. The molecule has 0 aromatic heterocycles. The molecule has 6 heteroatoms. The predicted molar refractivity (Wildman–Crippen MR) is 114 cm³/mol. The number of esters is 1. The number of nitrogens with zero attached hydrogens (tertiary/aromatic N) is 3. The summed E-state index contributed by atoms with van der Waals surface area (Å²) in [5.41, 5.74) is 1.81. The van der Waals surface area contributed by atoms with E-state index >= 15 is 0 Å². The summed E-state index contributed by atoms with van der Waals surface area (Å²) < 4.78 is 4.75. The minimum atomic E-state index is -0.292. The number of ether oxygens (including phenoxy) is 1. The number of likely N-dealkylation sites (tertiary alicyclic amines) is 1. The molecule has 2 heterocycles. The van der Waals surface area contributed by atoms with Crippen LogP contribution in [0.25, 0.3) is 0 Å². The van der Waals surface area contributed by atoms with Gasteiger partial charge >= 0.3 is 5.97 Å². The monoisotopic (exact) mass is 401 g/mol. The zero-order valence-corrected chi connectivity index (χ0v) is 17.9. The first-order valence-corrected chi connectivity index (χ1v) is 11.0. The summed E-state index contributed by atoms with van der Waals surface area (Å²) in [6.45, 7) is 10.1. The largest absolute Gasteiger partial charge is 0.465 e.